The average molecular weight is 597 g/mol. The fourth-order valence-corrected chi connectivity index (χ4v) is 7.80. The van der Waals surface area contributed by atoms with E-state index < -0.39 is 30.0 Å². The number of aliphatic hydroxyl groups excluding tert-OH is 1. The quantitative estimate of drug-likeness (QED) is 0.325. The lowest BCUT2D eigenvalue weighted by molar-refractivity contribution is -0.138. The Hall–Kier alpha value is -4.24. The molecule has 5 aliphatic rings. The van der Waals surface area contributed by atoms with Gasteiger partial charge in [-0.3, -0.25) is 19.6 Å². The van der Waals surface area contributed by atoms with Gasteiger partial charge in [-0.1, -0.05) is 26.5 Å². The predicted molar refractivity (Wildman–Crippen MR) is 171 cm³/mol. The molecule has 6 atom stereocenters. The first-order valence-corrected chi connectivity index (χ1v) is 15.4. The number of carboxylic acid groups (broad SMARTS) is 2. The second-order valence-electron chi connectivity index (χ2n) is 12.6. The van der Waals surface area contributed by atoms with Crippen molar-refractivity contribution >= 4 is 41.6 Å². The van der Waals surface area contributed by atoms with Crippen LogP contribution in [0.4, 0.5) is 0 Å². The van der Waals surface area contributed by atoms with E-state index in [1.165, 1.54) is 11.1 Å². The molecule has 9 nitrogen and oxygen atoms in total. The van der Waals surface area contributed by atoms with E-state index in [1.807, 2.05) is 39.0 Å². The summed E-state index contributed by atoms with van der Waals surface area (Å²) in [6.45, 7) is 14.4. The monoisotopic (exact) mass is 596 g/mol. The summed E-state index contributed by atoms with van der Waals surface area (Å²) in [6.07, 6.45) is 7.94. The van der Waals surface area contributed by atoms with Crippen LogP contribution in [0.5, 0.6) is 0 Å². The molecule has 6 rings (SSSR count). The molecule has 1 fully saturated rings. The number of carboxylic acids is 2. The van der Waals surface area contributed by atoms with Crippen LogP contribution in [0.2, 0.25) is 0 Å². The minimum atomic E-state index is -1.03. The number of carbonyl (C=O) groups is 2. The van der Waals surface area contributed by atoms with Crippen molar-refractivity contribution in [1.82, 2.24) is 10.3 Å². The van der Waals surface area contributed by atoms with E-state index in [1.54, 1.807) is 0 Å². The summed E-state index contributed by atoms with van der Waals surface area (Å²) in [5.74, 6) is -3.02. The van der Waals surface area contributed by atoms with Gasteiger partial charge in [0.25, 0.3) is 0 Å². The van der Waals surface area contributed by atoms with Gasteiger partial charge in [-0.15, -0.1) is 0 Å². The number of rotatable bonds is 7. The molecule has 9 heteroatoms. The van der Waals surface area contributed by atoms with Gasteiger partial charge in [-0.25, -0.2) is 0 Å². The zero-order valence-electron chi connectivity index (χ0n) is 25.9. The zero-order chi connectivity index (χ0) is 31.6. The summed E-state index contributed by atoms with van der Waals surface area (Å²) >= 11 is 0. The third-order valence-electron chi connectivity index (χ3n) is 10.2. The molecule has 6 unspecified atom stereocenters. The highest BCUT2D eigenvalue weighted by Gasteiger charge is 2.50. The highest BCUT2D eigenvalue weighted by Crippen LogP contribution is 2.50. The maximum Gasteiger partial charge on any atom is 0.304 e. The first-order valence-electron chi connectivity index (χ1n) is 15.4. The van der Waals surface area contributed by atoms with Crippen LogP contribution in [0.1, 0.15) is 64.5 Å². The summed E-state index contributed by atoms with van der Waals surface area (Å²) < 4.78 is 0. The molecule has 0 amide bonds. The third kappa shape index (κ3) is 4.65. The summed E-state index contributed by atoms with van der Waals surface area (Å²) in [6, 6.07) is -0.587. The van der Waals surface area contributed by atoms with Gasteiger partial charge in [-0.2, -0.15) is 0 Å². The predicted octanol–water partition coefficient (Wildman–Crippen LogP) is 3.55. The molecule has 1 aromatic rings. The highest BCUT2D eigenvalue weighted by atomic mass is 16.4. The molecule has 0 radical (unpaired) electrons. The van der Waals surface area contributed by atoms with Crippen LogP contribution in [0.15, 0.2) is 61.9 Å². The Morgan fingerprint density at radius 2 is 1.82 bits per heavy atom. The van der Waals surface area contributed by atoms with Gasteiger partial charge in [-0.05, 0) is 85.3 Å². The number of hydrogen-bond donors (Lipinski definition) is 5. The van der Waals surface area contributed by atoms with Crippen molar-refractivity contribution in [3.05, 3.63) is 73.7 Å². The summed E-state index contributed by atoms with van der Waals surface area (Å²) in [7, 11) is 0. The Bertz CT molecular complexity index is 1810. The Morgan fingerprint density at radius 3 is 2.48 bits per heavy atom. The van der Waals surface area contributed by atoms with E-state index in [4.69, 9.17) is 9.98 Å². The maximum absolute atomic E-state index is 12.1. The Kier molecular flexibility index (Phi) is 7.48. The minimum absolute atomic E-state index is 0.0427. The molecule has 5 N–H and O–H groups in total. The molecule has 8 bridgehead atoms. The van der Waals surface area contributed by atoms with E-state index in [9.17, 15) is 24.9 Å². The van der Waals surface area contributed by atoms with Crippen molar-refractivity contribution in [1.29, 1.82) is 0 Å². The molecule has 5 heterocycles. The SMILES string of the molecule is C=Cc1c(C)c2[nH]c1=CC1NC(=CC3=NC4C(=C3C)C(O)C(CC(=O)O)/C4=C3/N=C(C=2)C(C)C3CCC(=O)O)C(CC)=C1C. The molecular formula is C35H40N4O5. The molecule has 1 aromatic heterocycles. The van der Waals surface area contributed by atoms with Crippen LogP contribution in [0.25, 0.3) is 18.2 Å². The molecule has 0 aromatic carbocycles. The summed E-state index contributed by atoms with van der Waals surface area (Å²) in [5, 5.41) is 36.7. The van der Waals surface area contributed by atoms with Gasteiger partial charge in [0.2, 0.25) is 0 Å². The number of fused-ring (bicyclic) bond motifs is 5. The lowest BCUT2D eigenvalue weighted by Gasteiger charge is -2.22. The molecule has 230 valence electrons. The second kappa shape index (κ2) is 11.0. The largest absolute Gasteiger partial charge is 0.481 e. The normalized spacial score (nSPS) is 30.5. The van der Waals surface area contributed by atoms with Crippen LogP contribution in [0.3, 0.4) is 0 Å². The van der Waals surface area contributed by atoms with Gasteiger partial charge in [0.05, 0.1) is 30.3 Å². The average Bonchev–Trinajstić information content (AvgIpc) is 3.69. The van der Waals surface area contributed by atoms with E-state index in [0.29, 0.717) is 23.3 Å². The van der Waals surface area contributed by atoms with Gasteiger partial charge in [0.15, 0.2) is 0 Å². The van der Waals surface area contributed by atoms with Crippen molar-refractivity contribution in [2.75, 3.05) is 0 Å². The number of aromatic nitrogens is 1. The van der Waals surface area contributed by atoms with Crippen LogP contribution < -0.4 is 16.0 Å². The number of nitrogens with one attached hydrogen (secondary N) is 2. The topological polar surface area (TPSA) is 147 Å². The first kappa shape index (κ1) is 29.8. The van der Waals surface area contributed by atoms with Crippen molar-refractivity contribution in [3.63, 3.8) is 0 Å². The molecule has 1 saturated carbocycles. The maximum atomic E-state index is 12.1. The third-order valence-corrected chi connectivity index (χ3v) is 10.2. The molecule has 0 saturated heterocycles. The highest BCUT2D eigenvalue weighted by molar-refractivity contribution is 6.14. The fraction of sp³-hybridized carbons (Fsp3) is 0.429. The Balaban J connectivity index is 1.68. The van der Waals surface area contributed by atoms with Crippen LogP contribution in [0, 0.1) is 24.7 Å². The number of H-pyrrole nitrogens is 1. The molecule has 44 heavy (non-hydrogen) atoms. The number of aliphatic carboxylic acids is 2. The van der Waals surface area contributed by atoms with E-state index >= 15 is 0 Å². The first-order chi connectivity index (χ1) is 20.9. The van der Waals surface area contributed by atoms with Crippen molar-refractivity contribution in [2.45, 2.75) is 78.5 Å². The number of aliphatic imine (C=N–C) groups is 2. The van der Waals surface area contributed by atoms with Crippen LogP contribution in [-0.2, 0) is 9.59 Å². The number of aliphatic hydroxyl groups is 1. The van der Waals surface area contributed by atoms with E-state index in [-0.39, 0.29) is 30.7 Å². The van der Waals surface area contributed by atoms with Gasteiger partial charge in [0, 0.05) is 57.5 Å². The van der Waals surface area contributed by atoms with Crippen LogP contribution in [-0.4, -0.2) is 61.9 Å². The smallest absolute Gasteiger partial charge is 0.304 e. The number of nitrogens with zero attached hydrogens (tertiary/aromatic N) is 2. The standard InChI is InChI=1S/C35H40N4O5/c1-7-19-15(3)23-12-25-17(5)21(9-10-29(40)41)33(38-25)32-22(11-30(42)43)35(44)31-18(6)26(39-34(31)32)14-28-20(8-2)16(4)24(37-28)13-27(19)36-23/h7,12-14,17,21-22,24,34-37,44H,1,8-11H2,2-6H3,(H,40,41)(H,42,43)/b23-12?,27-13?,28-14?,33-32-. The number of allylic oxidation sites excluding steroid dienone is 4. The molecular weight excluding hydrogens is 556 g/mol. The van der Waals surface area contributed by atoms with Crippen molar-refractivity contribution in [2.24, 2.45) is 27.7 Å². The van der Waals surface area contributed by atoms with Gasteiger partial charge in [0.1, 0.15) is 0 Å². The fourth-order valence-electron chi connectivity index (χ4n) is 7.80. The van der Waals surface area contributed by atoms with E-state index in [2.05, 4.69) is 36.8 Å². The second-order valence-corrected chi connectivity index (χ2v) is 12.6. The minimum Gasteiger partial charge on any atom is -0.481 e. The van der Waals surface area contributed by atoms with Gasteiger partial charge < -0.3 is 25.6 Å². The number of hydrogen-bond acceptors (Lipinski definition) is 6. The van der Waals surface area contributed by atoms with Crippen molar-refractivity contribution < 1.29 is 24.9 Å². The van der Waals surface area contributed by atoms with Crippen LogP contribution >= 0.6 is 0 Å². The lowest BCUT2D eigenvalue weighted by Crippen LogP contribution is -2.25. The zero-order valence-corrected chi connectivity index (χ0v) is 25.9. The molecule has 4 aliphatic heterocycles. The summed E-state index contributed by atoms with van der Waals surface area (Å²) in [4.78, 5) is 37.7. The Morgan fingerprint density at radius 1 is 1.07 bits per heavy atom. The summed E-state index contributed by atoms with van der Waals surface area (Å²) in [5.41, 5.74) is 9.90. The number of aromatic amines is 1. The van der Waals surface area contributed by atoms with E-state index in [0.717, 1.165) is 50.9 Å². The molecule has 0 spiro atoms. The lowest BCUT2D eigenvalue weighted by atomic mass is 9.82. The van der Waals surface area contributed by atoms with Gasteiger partial charge >= 0.3 is 11.9 Å². The van der Waals surface area contributed by atoms with Crippen molar-refractivity contribution in [3.8, 4) is 0 Å². The Labute approximate surface area is 256 Å². The molecule has 1 aliphatic carbocycles.